The van der Waals surface area contributed by atoms with E-state index in [0.29, 0.717) is 0 Å². The zero-order valence-corrected chi connectivity index (χ0v) is 27.8. The average Bonchev–Trinajstić information content (AvgIpc) is 3.19. The minimum atomic E-state index is 0.975. The molecular formula is C48H39N. The number of aryl methyl sites for hydroxylation is 2. The monoisotopic (exact) mass is 629 g/mol. The molecule has 0 bridgehead atoms. The van der Waals surface area contributed by atoms with Gasteiger partial charge in [0.05, 0.1) is 0 Å². The highest BCUT2D eigenvalue weighted by molar-refractivity contribution is 5.96. The van der Waals surface area contributed by atoms with Crippen LogP contribution >= 0.6 is 0 Å². The third-order valence-electron chi connectivity index (χ3n) is 10.6. The van der Waals surface area contributed by atoms with Crippen molar-refractivity contribution in [3.63, 3.8) is 0 Å². The molecule has 9 rings (SSSR count). The van der Waals surface area contributed by atoms with Gasteiger partial charge in [-0.05, 0) is 135 Å². The maximum Gasteiger partial charge on any atom is 0.0458 e. The zero-order valence-electron chi connectivity index (χ0n) is 27.8. The third kappa shape index (κ3) is 5.56. The summed E-state index contributed by atoms with van der Waals surface area (Å²) in [6.45, 7) is 0. The van der Waals surface area contributed by atoms with Gasteiger partial charge in [0.1, 0.15) is 0 Å². The van der Waals surface area contributed by atoms with Crippen molar-refractivity contribution in [1.29, 1.82) is 0 Å². The molecule has 1 nitrogen and oxygen atoms in total. The Balaban J connectivity index is 1.04. The molecule has 6 aromatic rings. The van der Waals surface area contributed by atoms with Crippen molar-refractivity contribution in [2.24, 2.45) is 0 Å². The first-order chi connectivity index (χ1) is 24.3. The maximum atomic E-state index is 2.44. The molecule has 3 aliphatic rings. The minimum absolute atomic E-state index is 0.975. The van der Waals surface area contributed by atoms with E-state index in [0.717, 1.165) is 38.5 Å². The summed E-state index contributed by atoms with van der Waals surface area (Å²) in [5, 5.41) is 2.74. The van der Waals surface area contributed by atoms with Crippen molar-refractivity contribution in [2.45, 2.75) is 38.5 Å². The van der Waals surface area contributed by atoms with E-state index < -0.39 is 0 Å². The Morgan fingerprint density at radius 3 is 1.98 bits per heavy atom. The molecule has 1 heteroatoms. The molecule has 0 spiro atoms. The summed E-state index contributed by atoms with van der Waals surface area (Å²) >= 11 is 0. The number of para-hydroxylation sites is 1. The van der Waals surface area contributed by atoms with E-state index in [1.807, 2.05) is 0 Å². The van der Waals surface area contributed by atoms with Crippen LogP contribution in [0.1, 0.15) is 47.9 Å². The smallest absolute Gasteiger partial charge is 0.0458 e. The summed E-state index contributed by atoms with van der Waals surface area (Å²) in [5.74, 6) is 0. The molecule has 3 aliphatic carbocycles. The van der Waals surface area contributed by atoms with Crippen LogP contribution in [0, 0.1) is 0 Å². The van der Waals surface area contributed by atoms with E-state index in [1.54, 1.807) is 0 Å². The van der Waals surface area contributed by atoms with Gasteiger partial charge < -0.3 is 4.90 Å². The highest BCUT2D eigenvalue weighted by atomic mass is 15.1. The minimum Gasteiger partial charge on any atom is -0.314 e. The number of allylic oxidation sites excluding steroid dienone is 8. The lowest BCUT2D eigenvalue weighted by molar-refractivity contribution is 0.924. The fraction of sp³-hybridized carbons (Fsp3) is 0.125. The van der Waals surface area contributed by atoms with Crippen LogP contribution < -0.4 is 4.90 Å². The summed E-state index contributed by atoms with van der Waals surface area (Å²) in [6, 6.07) is 49.4. The van der Waals surface area contributed by atoms with Crippen LogP contribution in [0.2, 0.25) is 0 Å². The van der Waals surface area contributed by atoms with E-state index in [4.69, 9.17) is 0 Å². The van der Waals surface area contributed by atoms with Crippen molar-refractivity contribution in [2.75, 3.05) is 4.90 Å². The molecule has 49 heavy (non-hydrogen) atoms. The first-order valence-electron chi connectivity index (χ1n) is 17.7. The molecule has 236 valence electrons. The van der Waals surface area contributed by atoms with Crippen molar-refractivity contribution in [3.05, 3.63) is 192 Å². The van der Waals surface area contributed by atoms with E-state index in [-0.39, 0.29) is 0 Å². The fourth-order valence-electron chi connectivity index (χ4n) is 8.11. The Morgan fingerprint density at radius 1 is 0.449 bits per heavy atom. The Labute approximate surface area is 289 Å². The van der Waals surface area contributed by atoms with Crippen molar-refractivity contribution in [3.8, 4) is 22.3 Å². The number of fused-ring (bicyclic) bond motifs is 5. The van der Waals surface area contributed by atoms with E-state index in [1.165, 1.54) is 83.5 Å². The van der Waals surface area contributed by atoms with Crippen LogP contribution in [0.4, 0.5) is 11.4 Å². The predicted molar refractivity (Wildman–Crippen MR) is 209 cm³/mol. The zero-order chi connectivity index (χ0) is 32.6. The van der Waals surface area contributed by atoms with Gasteiger partial charge in [0.2, 0.25) is 0 Å². The van der Waals surface area contributed by atoms with Crippen molar-refractivity contribution in [1.82, 2.24) is 0 Å². The van der Waals surface area contributed by atoms with E-state index in [9.17, 15) is 0 Å². The van der Waals surface area contributed by atoms with E-state index >= 15 is 0 Å². The van der Waals surface area contributed by atoms with Crippen LogP contribution in [0.3, 0.4) is 0 Å². The van der Waals surface area contributed by atoms with Gasteiger partial charge in [-0.1, -0.05) is 133 Å². The molecule has 0 radical (unpaired) electrons. The highest BCUT2D eigenvalue weighted by Crippen LogP contribution is 2.44. The van der Waals surface area contributed by atoms with Crippen molar-refractivity contribution >= 4 is 33.3 Å². The summed E-state index contributed by atoms with van der Waals surface area (Å²) in [4.78, 5) is 2.44. The lowest BCUT2D eigenvalue weighted by Gasteiger charge is -2.31. The van der Waals surface area contributed by atoms with Gasteiger partial charge >= 0.3 is 0 Å². The molecular weight excluding hydrogens is 591 g/mol. The van der Waals surface area contributed by atoms with Gasteiger partial charge in [0, 0.05) is 17.1 Å². The molecule has 0 saturated heterocycles. The van der Waals surface area contributed by atoms with Gasteiger partial charge in [-0.15, -0.1) is 0 Å². The third-order valence-corrected chi connectivity index (χ3v) is 10.6. The topological polar surface area (TPSA) is 3.24 Å². The Hall–Kier alpha value is -5.66. The first kappa shape index (κ1) is 29.5. The lowest BCUT2D eigenvalue weighted by atomic mass is 9.78. The number of hydrogen-bond acceptors (Lipinski definition) is 1. The largest absolute Gasteiger partial charge is 0.314 e. The second-order valence-corrected chi connectivity index (χ2v) is 13.5. The predicted octanol–water partition coefficient (Wildman–Crippen LogP) is 12.9. The Kier molecular flexibility index (Phi) is 7.67. The highest BCUT2D eigenvalue weighted by Gasteiger charge is 2.24. The SMILES string of the molecule is C1=CCCC(c2ccc(-c3ccc(N(C4=CC=C(c5cccc6c5-c5ccc7ccccc7c5CC6)CC4)c4ccccc4)cc3)cc2)=C1. The number of anilines is 2. The fourth-order valence-corrected chi connectivity index (χ4v) is 8.11. The Morgan fingerprint density at radius 2 is 1.20 bits per heavy atom. The molecule has 0 heterocycles. The average molecular weight is 630 g/mol. The van der Waals surface area contributed by atoms with Crippen LogP contribution in [0.25, 0.3) is 44.2 Å². The standard InChI is InChI=1S/C48H39N/c1-3-10-34(11-4-1)35-18-20-36(21-19-35)37-22-28-42(29-23-37)49(41-14-5-2-6-15-41)43-30-24-39(25-31-43)45-17-9-13-40-27-32-46-44-16-8-7-12-38(44)26-33-47(46)48(40)45/h1-3,5-10,12-24,26,28-30,33H,4,11,25,27,31-32H2. The van der Waals surface area contributed by atoms with Crippen LogP contribution in [-0.4, -0.2) is 0 Å². The second-order valence-electron chi connectivity index (χ2n) is 13.5. The molecule has 0 unspecified atom stereocenters. The van der Waals surface area contributed by atoms with E-state index in [2.05, 4.69) is 169 Å². The summed E-state index contributed by atoms with van der Waals surface area (Å²) in [6.07, 6.45) is 17.8. The number of hydrogen-bond donors (Lipinski definition) is 0. The van der Waals surface area contributed by atoms with Gasteiger partial charge in [-0.2, -0.15) is 0 Å². The number of benzene rings is 6. The molecule has 0 atom stereocenters. The van der Waals surface area contributed by atoms with Gasteiger partial charge in [-0.25, -0.2) is 0 Å². The summed E-state index contributed by atoms with van der Waals surface area (Å²) in [7, 11) is 0. The molecule has 0 aromatic heterocycles. The van der Waals surface area contributed by atoms with Crippen LogP contribution in [0.5, 0.6) is 0 Å². The molecule has 6 aromatic carbocycles. The second kappa shape index (κ2) is 12.7. The molecule has 0 saturated carbocycles. The summed E-state index contributed by atoms with van der Waals surface area (Å²) < 4.78 is 0. The maximum absolute atomic E-state index is 2.44. The normalized spacial score (nSPS) is 15.1. The molecule has 0 aliphatic heterocycles. The molecule has 0 fully saturated rings. The number of nitrogens with zero attached hydrogens (tertiary/aromatic N) is 1. The molecule has 0 amide bonds. The van der Waals surface area contributed by atoms with Crippen LogP contribution in [-0.2, 0) is 12.8 Å². The van der Waals surface area contributed by atoms with Gasteiger partial charge in [-0.3, -0.25) is 0 Å². The summed E-state index contributed by atoms with van der Waals surface area (Å²) in [5.41, 5.74) is 17.6. The number of rotatable bonds is 6. The first-order valence-corrected chi connectivity index (χ1v) is 17.7. The van der Waals surface area contributed by atoms with Crippen LogP contribution in [0.15, 0.2) is 170 Å². The lowest BCUT2D eigenvalue weighted by Crippen LogP contribution is -2.18. The molecule has 0 N–H and O–H groups in total. The van der Waals surface area contributed by atoms with Gasteiger partial charge in [0.25, 0.3) is 0 Å². The van der Waals surface area contributed by atoms with Gasteiger partial charge in [0.15, 0.2) is 0 Å². The quantitative estimate of drug-likeness (QED) is 0.177. The Bertz CT molecular complexity index is 2300. The van der Waals surface area contributed by atoms with Crippen molar-refractivity contribution < 1.29 is 0 Å².